The van der Waals surface area contributed by atoms with E-state index in [2.05, 4.69) is 4.72 Å². The lowest BCUT2D eigenvalue weighted by molar-refractivity contribution is 0.0697. The third-order valence-corrected chi connectivity index (χ3v) is 5.00. The number of carboxylic acid groups (broad SMARTS) is 1. The number of aromatic carboxylic acids is 1. The Morgan fingerprint density at radius 2 is 1.82 bits per heavy atom. The lowest BCUT2D eigenvalue weighted by Crippen LogP contribution is -2.16. The second-order valence-corrected chi connectivity index (χ2v) is 7.12. The Kier molecular flexibility index (Phi) is 6.81. The van der Waals surface area contributed by atoms with Crippen LogP contribution in [0, 0.1) is 11.3 Å². The quantitative estimate of drug-likeness (QED) is 0.605. The van der Waals surface area contributed by atoms with Crippen molar-refractivity contribution in [2.45, 2.75) is 4.90 Å². The molecule has 0 aliphatic heterocycles. The van der Waals surface area contributed by atoms with Crippen molar-refractivity contribution in [2.24, 2.45) is 0 Å². The molecule has 2 N–H and O–H groups in total. The third-order valence-electron chi connectivity index (χ3n) is 3.62. The van der Waals surface area contributed by atoms with Gasteiger partial charge in [0.05, 0.1) is 41.5 Å². The smallest absolute Gasteiger partial charge is 0.337 e. The number of benzene rings is 2. The van der Waals surface area contributed by atoms with Crippen LogP contribution < -0.4 is 14.2 Å². The molecule has 0 aliphatic carbocycles. The predicted octanol–water partition coefficient (Wildman–Crippen LogP) is 2.09. The molecule has 2 aromatic carbocycles. The minimum Gasteiger partial charge on any atom is -0.493 e. The van der Waals surface area contributed by atoms with Gasteiger partial charge in [-0.2, -0.15) is 5.26 Å². The Bertz CT molecular complexity index is 996. The number of methoxy groups -OCH3 is 2. The van der Waals surface area contributed by atoms with E-state index in [1.165, 1.54) is 50.6 Å². The van der Waals surface area contributed by atoms with Crippen LogP contribution in [0.25, 0.3) is 0 Å². The summed E-state index contributed by atoms with van der Waals surface area (Å²) in [6, 6.07) is 9.49. The zero-order valence-corrected chi connectivity index (χ0v) is 15.9. The Morgan fingerprint density at radius 3 is 2.36 bits per heavy atom. The van der Waals surface area contributed by atoms with E-state index in [9.17, 15) is 18.3 Å². The van der Waals surface area contributed by atoms with Crippen molar-refractivity contribution in [3.63, 3.8) is 0 Å². The van der Waals surface area contributed by atoms with E-state index in [1.807, 2.05) is 6.07 Å². The Labute approximate surface area is 162 Å². The first-order valence-corrected chi connectivity index (χ1v) is 9.40. The van der Waals surface area contributed by atoms with Crippen LogP contribution in [0.15, 0.2) is 41.3 Å². The monoisotopic (exact) mass is 406 g/mol. The van der Waals surface area contributed by atoms with Crippen molar-refractivity contribution < 1.29 is 32.5 Å². The Morgan fingerprint density at radius 1 is 1.14 bits per heavy atom. The van der Waals surface area contributed by atoms with E-state index in [0.717, 1.165) is 0 Å². The van der Waals surface area contributed by atoms with Crippen LogP contribution in [0.3, 0.4) is 0 Å². The van der Waals surface area contributed by atoms with Gasteiger partial charge in [-0.05, 0) is 24.3 Å². The van der Waals surface area contributed by atoms with Gasteiger partial charge in [-0.15, -0.1) is 0 Å². The third kappa shape index (κ3) is 4.91. The van der Waals surface area contributed by atoms with E-state index in [1.54, 1.807) is 0 Å². The zero-order chi connectivity index (χ0) is 20.7. The first-order chi connectivity index (χ1) is 13.3. The highest BCUT2D eigenvalue weighted by molar-refractivity contribution is 7.92. The van der Waals surface area contributed by atoms with E-state index in [0.29, 0.717) is 5.56 Å². The molecule has 9 nitrogen and oxygen atoms in total. The van der Waals surface area contributed by atoms with E-state index >= 15 is 0 Å². The molecule has 0 bridgehead atoms. The fourth-order valence-electron chi connectivity index (χ4n) is 2.24. The lowest BCUT2D eigenvalue weighted by Gasteiger charge is -2.16. The van der Waals surface area contributed by atoms with E-state index in [4.69, 9.17) is 19.5 Å². The van der Waals surface area contributed by atoms with Crippen molar-refractivity contribution in [2.75, 3.05) is 32.2 Å². The van der Waals surface area contributed by atoms with Crippen LogP contribution in [0.1, 0.15) is 15.9 Å². The van der Waals surface area contributed by atoms with Crippen LogP contribution in [-0.4, -0.2) is 46.9 Å². The molecule has 2 rings (SSSR count). The summed E-state index contributed by atoms with van der Waals surface area (Å²) in [7, 11) is -1.27. The van der Waals surface area contributed by atoms with Crippen molar-refractivity contribution in [1.29, 1.82) is 5.26 Å². The summed E-state index contributed by atoms with van der Waals surface area (Å²) in [6.07, 6.45) is 0. The van der Waals surface area contributed by atoms with E-state index in [-0.39, 0.29) is 40.9 Å². The molecule has 2 aromatic rings. The van der Waals surface area contributed by atoms with Gasteiger partial charge in [0.2, 0.25) is 0 Å². The highest BCUT2D eigenvalue weighted by Crippen LogP contribution is 2.34. The SMILES string of the molecule is COCCOc1cc(NS(=O)(=O)c2ccc(C#N)cc2)c(C(=O)O)cc1OC. The molecule has 0 amide bonds. The first kappa shape index (κ1) is 21.0. The van der Waals surface area contributed by atoms with Gasteiger partial charge in [0.1, 0.15) is 6.61 Å². The molecule has 148 valence electrons. The Balaban J connectivity index is 2.44. The molecule has 0 aliphatic rings. The van der Waals surface area contributed by atoms with Gasteiger partial charge in [0.15, 0.2) is 11.5 Å². The fourth-order valence-corrected chi connectivity index (χ4v) is 3.31. The van der Waals surface area contributed by atoms with Crippen molar-refractivity contribution in [3.8, 4) is 17.6 Å². The molecule has 0 atom stereocenters. The van der Waals surface area contributed by atoms with Gasteiger partial charge in [0, 0.05) is 19.2 Å². The highest BCUT2D eigenvalue weighted by atomic mass is 32.2. The van der Waals surface area contributed by atoms with Crippen molar-refractivity contribution in [1.82, 2.24) is 0 Å². The van der Waals surface area contributed by atoms with Crippen LogP contribution >= 0.6 is 0 Å². The van der Waals surface area contributed by atoms with Crippen molar-refractivity contribution >= 4 is 21.7 Å². The van der Waals surface area contributed by atoms with Gasteiger partial charge in [-0.1, -0.05) is 0 Å². The number of sulfonamides is 1. The zero-order valence-electron chi connectivity index (χ0n) is 15.1. The van der Waals surface area contributed by atoms with Crippen LogP contribution in [0.5, 0.6) is 11.5 Å². The van der Waals surface area contributed by atoms with Gasteiger partial charge >= 0.3 is 5.97 Å². The maximum atomic E-state index is 12.6. The van der Waals surface area contributed by atoms with Gasteiger partial charge in [0.25, 0.3) is 10.0 Å². The number of nitriles is 1. The number of anilines is 1. The number of ether oxygens (including phenoxy) is 3. The fraction of sp³-hybridized carbons (Fsp3) is 0.222. The minimum atomic E-state index is -4.10. The molecular formula is C18H18N2O7S. The molecule has 0 aromatic heterocycles. The number of carboxylic acids is 1. The van der Waals surface area contributed by atoms with Crippen LogP contribution in [0.2, 0.25) is 0 Å². The number of hydrogen-bond acceptors (Lipinski definition) is 7. The molecule has 0 radical (unpaired) electrons. The summed E-state index contributed by atoms with van der Waals surface area (Å²) >= 11 is 0. The molecule has 28 heavy (non-hydrogen) atoms. The summed E-state index contributed by atoms with van der Waals surface area (Å²) < 4.78 is 43.0. The van der Waals surface area contributed by atoms with E-state index < -0.39 is 16.0 Å². The topological polar surface area (TPSA) is 135 Å². The predicted molar refractivity (Wildman–Crippen MR) is 99.3 cm³/mol. The molecule has 0 heterocycles. The molecule has 0 saturated heterocycles. The summed E-state index contributed by atoms with van der Waals surface area (Å²) in [5.74, 6) is -1.06. The van der Waals surface area contributed by atoms with Crippen LogP contribution in [-0.2, 0) is 14.8 Å². The number of hydrogen-bond donors (Lipinski definition) is 2. The Hall–Kier alpha value is -3.29. The summed E-state index contributed by atoms with van der Waals surface area (Å²) in [4.78, 5) is 11.5. The van der Waals surface area contributed by atoms with Crippen molar-refractivity contribution in [3.05, 3.63) is 47.5 Å². The number of nitrogens with one attached hydrogen (secondary N) is 1. The molecule has 10 heteroatoms. The number of carbonyl (C=O) groups is 1. The molecular weight excluding hydrogens is 388 g/mol. The van der Waals surface area contributed by atoms with Crippen LogP contribution in [0.4, 0.5) is 5.69 Å². The summed E-state index contributed by atoms with van der Waals surface area (Å²) in [6.45, 7) is 0.428. The molecule has 0 spiro atoms. The second-order valence-electron chi connectivity index (χ2n) is 5.44. The second kappa shape index (κ2) is 9.07. The normalized spacial score (nSPS) is 10.8. The maximum absolute atomic E-state index is 12.6. The average Bonchev–Trinajstić information content (AvgIpc) is 2.68. The van der Waals surface area contributed by atoms with Gasteiger partial charge in [-0.3, -0.25) is 4.72 Å². The first-order valence-electron chi connectivity index (χ1n) is 7.92. The summed E-state index contributed by atoms with van der Waals surface area (Å²) in [5, 5.41) is 18.3. The molecule has 0 unspecified atom stereocenters. The number of rotatable bonds is 9. The average molecular weight is 406 g/mol. The minimum absolute atomic E-state index is 0.125. The molecule has 0 saturated carbocycles. The standard InChI is InChI=1S/C18H18N2O7S/c1-25-7-8-27-17-10-15(14(18(21)22)9-16(17)26-2)20-28(23,24)13-5-3-12(11-19)4-6-13/h3-6,9-10,20H,7-8H2,1-2H3,(H,21,22). The largest absolute Gasteiger partial charge is 0.493 e. The maximum Gasteiger partial charge on any atom is 0.337 e. The highest BCUT2D eigenvalue weighted by Gasteiger charge is 2.22. The lowest BCUT2D eigenvalue weighted by atomic mass is 10.1. The van der Waals surface area contributed by atoms with Gasteiger partial charge in [-0.25, -0.2) is 13.2 Å². The molecule has 0 fully saturated rings. The number of nitrogens with zero attached hydrogens (tertiary/aromatic N) is 1. The summed E-state index contributed by atoms with van der Waals surface area (Å²) in [5.41, 5.74) is -0.207. The van der Waals surface area contributed by atoms with Gasteiger partial charge < -0.3 is 19.3 Å².